The first-order valence-electron chi connectivity index (χ1n) is 13.2. The van der Waals surface area contributed by atoms with E-state index in [1.807, 2.05) is 36.4 Å². The maximum atomic E-state index is 14.2. The molecule has 0 saturated carbocycles. The summed E-state index contributed by atoms with van der Waals surface area (Å²) in [6.07, 6.45) is 0.672. The fourth-order valence-electron chi connectivity index (χ4n) is 4.29. The van der Waals surface area contributed by atoms with Crippen molar-refractivity contribution in [2.75, 3.05) is 29.1 Å². The van der Waals surface area contributed by atoms with Crippen LogP contribution in [0.2, 0.25) is 5.02 Å². The van der Waals surface area contributed by atoms with Crippen molar-refractivity contribution in [2.24, 2.45) is 0 Å². The average Bonchev–Trinajstić information content (AvgIpc) is 2.92. The van der Waals surface area contributed by atoms with Crippen LogP contribution < -0.4 is 26.9 Å². The van der Waals surface area contributed by atoms with Crippen LogP contribution in [0.15, 0.2) is 59.7 Å². The van der Waals surface area contributed by atoms with Crippen molar-refractivity contribution in [2.45, 2.75) is 45.9 Å². The highest BCUT2D eigenvalue weighted by Gasteiger charge is 2.24. The molecule has 12 nitrogen and oxygen atoms in total. The Labute approximate surface area is 248 Å². The predicted molar refractivity (Wildman–Crippen MR) is 162 cm³/mol. The molecule has 0 aliphatic rings. The van der Waals surface area contributed by atoms with Crippen molar-refractivity contribution in [3.05, 3.63) is 87.2 Å². The molecule has 2 heterocycles. The lowest BCUT2D eigenvalue weighted by molar-refractivity contribution is 0.0528. The van der Waals surface area contributed by atoms with Crippen molar-refractivity contribution in [1.82, 2.24) is 24.9 Å². The van der Waals surface area contributed by atoms with E-state index in [1.54, 1.807) is 50.9 Å². The molecule has 42 heavy (non-hydrogen) atoms. The van der Waals surface area contributed by atoms with Crippen LogP contribution in [0.4, 0.5) is 16.4 Å². The van der Waals surface area contributed by atoms with E-state index in [9.17, 15) is 14.9 Å². The molecule has 0 spiro atoms. The highest BCUT2D eigenvalue weighted by Crippen LogP contribution is 2.25. The van der Waals surface area contributed by atoms with Gasteiger partial charge in [0, 0.05) is 6.54 Å². The number of carbonyl (C=O) groups excluding carboxylic acids is 1. The molecule has 2 aromatic heterocycles. The molecule has 0 bridgehead atoms. The lowest BCUT2D eigenvalue weighted by Crippen LogP contribution is -2.48. The number of alkyl carbamates (subject to hydrolysis) is 1. The molecule has 1 atom stereocenters. The zero-order valence-corrected chi connectivity index (χ0v) is 24.5. The van der Waals surface area contributed by atoms with Gasteiger partial charge in [0.1, 0.15) is 35.2 Å². The fourth-order valence-corrected chi connectivity index (χ4v) is 4.54. The second kappa shape index (κ2) is 12.7. The number of aromatic nitrogens is 4. The molecule has 0 fully saturated rings. The summed E-state index contributed by atoms with van der Waals surface area (Å²) in [5.41, 5.74) is 6.23. The number of rotatable bonds is 9. The number of nitrogens with zero attached hydrogens (tertiary/aromatic N) is 6. The monoisotopic (exact) mass is 589 g/mol. The molecular formula is C29H32ClN9O3. The van der Waals surface area contributed by atoms with E-state index in [-0.39, 0.29) is 40.7 Å². The summed E-state index contributed by atoms with van der Waals surface area (Å²) in [5, 5.41) is 17.8. The summed E-state index contributed by atoms with van der Waals surface area (Å²) < 4.78 is 6.83. The van der Waals surface area contributed by atoms with Gasteiger partial charge in [0.25, 0.3) is 5.56 Å². The molecular weight excluding hydrogens is 558 g/mol. The molecule has 4 N–H and O–H groups in total. The largest absolute Gasteiger partial charge is 0.444 e. The van der Waals surface area contributed by atoms with Crippen LogP contribution in [-0.4, -0.2) is 44.4 Å². The zero-order valence-electron chi connectivity index (χ0n) is 23.8. The van der Waals surface area contributed by atoms with Gasteiger partial charge in [-0.15, -0.1) is 0 Å². The van der Waals surface area contributed by atoms with E-state index in [0.717, 1.165) is 5.56 Å². The minimum absolute atomic E-state index is 0.0248. The van der Waals surface area contributed by atoms with Crippen LogP contribution in [0.3, 0.4) is 0 Å². The lowest BCUT2D eigenvalue weighted by atomic mass is 10.2. The molecule has 4 aromatic rings. The third kappa shape index (κ3) is 7.05. The third-order valence-electron chi connectivity index (χ3n) is 6.11. The van der Waals surface area contributed by atoms with E-state index >= 15 is 0 Å². The summed E-state index contributed by atoms with van der Waals surface area (Å²) in [5.74, 6) is 0.548. The average molecular weight is 590 g/mol. The normalized spacial score (nSPS) is 11.9. The first-order valence-corrected chi connectivity index (χ1v) is 13.6. The number of benzene rings is 2. The van der Waals surface area contributed by atoms with E-state index in [0.29, 0.717) is 17.9 Å². The van der Waals surface area contributed by atoms with Crippen molar-refractivity contribution in [1.29, 1.82) is 5.26 Å². The van der Waals surface area contributed by atoms with Gasteiger partial charge in [-0.05, 0) is 45.4 Å². The summed E-state index contributed by atoms with van der Waals surface area (Å²) in [4.78, 5) is 39.5. The topological polar surface area (TPSA) is 164 Å². The Bertz CT molecular complexity index is 1680. The van der Waals surface area contributed by atoms with E-state index in [2.05, 4.69) is 20.6 Å². The predicted octanol–water partition coefficient (Wildman–Crippen LogP) is 4.13. The number of carbonyl (C=O) groups is 1. The van der Waals surface area contributed by atoms with Gasteiger partial charge in [-0.2, -0.15) is 5.26 Å². The van der Waals surface area contributed by atoms with Gasteiger partial charge in [0.2, 0.25) is 0 Å². The Morgan fingerprint density at radius 2 is 1.93 bits per heavy atom. The van der Waals surface area contributed by atoms with Gasteiger partial charge >= 0.3 is 6.09 Å². The number of hydrogen-bond donors (Lipinski definition) is 3. The molecule has 4 rings (SSSR count). The highest BCUT2D eigenvalue weighted by molar-refractivity contribution is 6.35. The van der Waals surface area contributed by atoms with Gasteiger partial charge in [0.05, 0.1) is 35.1 Å². The molecule has 0 aliphatic heterocycles. The van der Waals surface area contributed by atoms with Crippen LogP contribution in [0.5, 0.6) is 0 Å². The van der Waals surface area contributed by atoms with E-state index < -0.39 is 23.3 Å². The summed E-state index contributed by atoms with van der Waals surface area (Å²) in [6.45, 7) is 7.81. The number of fused-ring (bicyclic) bond motifs is 1. The molecule has 2 aromatic carbocycles. The number of nitrogens with one attached hydrogen (secondary N) is 2. The first kappa shape index (κ1) is 30.1. The minimum Gasteiger partial charge on any atom is -0.444 e. The van der Waals surface area contributed by atoms with Crippen molar-refractivity contribution < 1.29 is 9.53 Å². The number of anilines is 2. The molecule has 0 radical (unpaired) electrons. The van der Waals surface area contributed by atoms with Gasteiger partial charge in [0.15, 0.2) is 5.82 Å². The molecule has 0 unspecified atom stereocenters. The maximum Gasteiger partial charge on any atom is 0.407 e. The number of halogens is 1. The number of nitrogens with two attached hydrogens (primary N) is 1. The third-order valence-corrected chi connectivity index (χ3v) is 6.42. The van der Waals surface area contributed by atoms with E-state index in [4.69, 9.17) is 27.1 Å². The summed E-state index contributed by atoms with van der Waals surface area (Å²) in [6, 6.07) is 16.0. The molecule has 13 heteroatoms. The van der Waals surface area contributed by atoms with Gasteiger partial charge in [-0.3, -0.25) is 4.79 Å². The smallest absolute Gasteiger partial charge is 0.407 e. The van der Waals surface area contributed by atoms with Gasteiger partial charge < -0.3 is 26.1 Å². The van der Waals surface area contributed by atoms with Gasteiger partial charge in [-0.1, -0.05) is 48.0 Å². The molecule has 1 amide bonds. The van der Waals surface area contributed by atoms with Crippen LogP contribution >= 0.6 is 11.6 Å². The number of hydrogen-bond acceptors (Lipinski definition) is 10. The Balaban J connectivity index is 1.81. The van der Waals surface area contributed by atoms with Crippen molar-refractivity contribution in [3.8, 4) is 6.07 Å². The minimum atomic E-state index is -0.662. The first-order chi connectivity index (χ1) is 20.0. The molecule has 0 saturated heterocycles. The number of nitrogen functional groups attached to an aromatic ring is 1. The molecule has 0 aliphatic carbocycles. The number of amides is 1. The second-order valence-electron chi connectivity index (χ2n) is 10.5. The number of ether oxygens (including phenoxy) is 1. The lowest BCUT2D eigenvalue weighted by Gasteiger charge is -2.31. The van der Waals surface area contributed by atoms with Gasteiger partial charge in [-0.25, -0.2) is 24.4 Å². The Morgan fingerprint density at radius 3 is 2.62 bits per heavy atom. The van der Waals surface area contributed by atoms with Crippen LogP contribution in [0, 0.1) is 11.3 Å². The van der Waals surface area contributed by atoms with Crippen LogP contribution in [0.1, 0.15) is 50.7 Å². The van der Waals surface area contributed by atoms with Crippen LogP contribution in [-0.2, 0) is 11.3 Å². The molecule has 218 valence electrons. The SMILES string of the molecule is C[C@H](Nc1ncnc(N)c1C#N)c1nc2cccc(Cl)c2c(=O)n1N(CCNC(=O)OC(C)(C)C)Cc1ccccc1. The quantitative estimate of drug-likeness (QED) is 0.258. The van der Waals surface area contributed by atoms with Crippen LogP contribution in [0.25, 0.3) is 10.9 Å². The maximum absolute atomic E-state index is 14.2. The van der Waals surface area contributed by atoms with E-state index in [1.165, 1.54) is 11.0 Å². The Kier molecular flexibility index (Phi) is 9.12. The zero-order chi connectivity index (χ0) is 30.4. The summed E-state index contributed by atoms with van der Waals surface area (Å²) in [7, 11) is 0. The standard InChI is InChI=1S/C29H32ClN9O3/c1-18(36-25-20(15-31)24(32)34-17-35-25)26-37-22-12-8-11-21(30)23(22)27(40)39(26)38(16-19-9-6-5-7-10-19)14-13-33-28(41)42-29(2,3)4/h5-12,17-18H,13-14,16H2,1-4H3,(H,33,41)(H3,32,34,35,36)/t18-/m0/s1. The fraction of sp³-hybridized carbons (Fsp3) is 0.310. The summed E-state index contributed by atoms with van der Waals surface area (Å²) >= 11 is 6.50. The highest BCUT2D eigenvalue weighted by atomic mass is 35.5. The number of nitriles is 1. The van der Waals surface area contributed by atoms with Crippen molar-refractivity contribution in [3.63, 3.8) is 0 Å². The Morgan fingerprint density at radius 1 is 1.19 bits per heavy atom. The second-order valence-corrected chi connectivity index (χ2v) is 10.9. The van der Waals surface area contributed by atoms with Crippen molar-refractivity contribution >= 4 is 40.2 Å². The Hall–Kier alpha value is -4.89.